The van der Waals surface area contributed by atoms with E-state index in [1.54, 1.807) is 0 Å². The van der Waals surface area contributed by atoms with Crippen molar-refractivity contribution in [1.82, 2.24) is 15.2 Å². The third-order valence-electron chi connectivity index (χ3n) is 0.738. The number of nitrogens with zero attached hydrogens (tertiary/aromatic N) is 1. The van der Waals surface area contributed by atoms with Crippen LogP contribution in [0.1, 0.15) is 0 Å². The molecule has 1 heterocycles. The molecule has 0 aliphatic heterocycles. The number of rotatable bonds is 0. The Morgan fingerprint density at radius 1 is 1.67 bits per heavy atom. The Morgan fingerprint density at radius 3 is 2.78 bits per heavy atom. The predicted molar refractivity (Wildman–Crippen MR) is 34.5 cm³/mol. The van der Waals surface area contributed by atoms with Crippen molar-refractivity contribution in [3.63, 3.8) is 0 Å². The SMILES string of the molecule is Nc1n[nH]c(=S)[nH]c1=O. The Labute approximate surface area is 54.9 Å². The summed E-state index contributed by atoms with van der Waals surface area (Å²) in [5.74, 6) is -0.108. The molecule has 6 heteroatoms. The van der Waals surface area contributed by atoms with Crippen LogP contribution in [0.25, 0.3) is 0 Å². The molecule has 0 aliphatic carbocycles. The summed E-state index contributed by atoms with van der Waals surface area (Å²) >= 11 is 4.53. The van der Waals surface area contributed by atoms with E-state index < -0.39 is 5.56 Å². The quantitative estimate of drug-likeness (QED) is 0.425. The van der Waals surface area contributed by atoms with Crippen molar-refractivity contribution in [2.45, 2.75) is 0 Å². The minimum absolute atomic E-state index is 0.108. The Morgan fingerprint density at radius 2 is 2.33 bits per heavy atom. The molecule has 0 aliphatic rings. The van der Waals surface area contributed by atoms with Gasteiger partial charge in [-0.25, -0.2) is 0 Å². The summed E-state index contributed by atoms with van der Waals surface area (Å²) in [6, 6.07) is 0. The van der Waals surface area contributed by atoms with E-state index >= 15 is 0 Å². The number of nitrogen functional groups attached to an aromatic ring is 1. The highest BCUT2D eigenvalue weighted by Crippen LogP contribution is 1.75. The van der Waals surface area contributed by atoms with Gasteiger partial charge >= 0.3 is 0 Å². The fourth-order valence-corrected chi connectivity index (χ4v) is 0.495. The molecule has 0 radical (unpaired) electrons. The minimum atomic E-state index is -0.459. The van der Waals surface area contributed by atoms with Gasteiger partial charge < -0.3 is 5.73 Å². The van der Waals surface area contributed by atoms with Crippen LogP contribution in [0.15, 0.2) is 4.79 Å². The number of aromatic amines is 2. The summed E-state index contributed by atoms with van der Waals surface area (Å²) in [7, 11) is 0. The average Bonchev–Trinajstić information content (AvgIpc) is 1.80. The lowest BCUT2D eigenvalue weighted by Crippen LogP contribution is -2.14. The normalized spacial score (nSPS) is 9.33. The van der Waals surface area contributed by atoms with Crippen LogP contribution in [-0.4, -0.2) is 15.2 Å². The lowest BCUT2D eigenvalue weighted by molar-refractivity contribution is 0.936. The molecule has 0 aromatic carbocycles. The molecule has 0 saturated carbocycles. The fraction of sp³-hybridized carbons (Fsp3) is 0. The molecule has 0 bridgehead atoms. The summed E-state index contributed by atoms with van der Waals surface area (Å²) in [5, 5.41) is 5.71. The van der Waals surface area contributed by atoms with Gasteiger partial charge in [0.2, 0.25) is 5.82 Å². The third kappa shape index (κ3) is 1.14. The second-order valence-corrected chi connectivity index (χ2v) is 1.80. The monoisotopic (exact) mass is 144 g/mol. The lowest BCUT2D eigenvalue weighted by atomic mass is 10.7. The first-order valence-corrected chi connectivity index (χ1v) is 2.55. The van der Waals surface area contributed by atoms with Gasteiger partial charge in [-0.3, -0.25) is 14.9 Å². The van der Waals surface area contributed by atoms with E-state index in [1.807, 2.05) is 0 Å². The van der Waals surface area contributed by atoms with Crippen molar-refractivity contribution in [1.29, 1.82) is 0 Å². The van der Waals surface area contributed by atoms with Gasteiger partial charge in [0, 0.05) is 0 Å². The van der Waals surface area contributed by atoms with E-state index in [0.29, 0.717) is 0 Å². The topological polar surface area (TPSA) is 87.6 Å². The standard InChI is InChI=1S/C3H4N4OS/c4-1-2(8)5-3(9)7-6-1/h(H2,4,6)(H2,5,7,8,9). The van der Waals surface area contributed by atoms with Crippen LogP contribution in [0.3, 0.4) is 0 Å². The second kappa shape index (κ2) is 1.98. The first kappa shape index (κ1) is 5.96. The van der Waals surface area contributed by atoms with Gasteiger partial charge in [0.05, 0.1) is 0 Å². The largest absolute Gasteiger partial charge is 0.378 e. The molecule has 0 spiro atoms. The number of aromatic nitrogens is 3. The smallest absolute Gasteiger partial charge is 0.294 e. The summed E-state index contributed by atoms with van der Waals surface area (Å²) in [5.41, 5.74) is 4.60. The van der Waals surface area contributed by atoms with Crippen molar-refractivity contribution in [3.8, 4) is 0 Å². The van der Waals surface area contributed by atoms with Crippen molar-refractivity contribution >= 4 is 18.0 Å². The minimum Gasteiger partial charge on any atom is -0.378 e. The zero-order valence-corrected chi connectivity index (χ0v) is 5.16. The number of H-pyrrole nitrogens is 2. The lowest BCUT2D eigenvalue weighted by Gasteiger charge is -1.85. The average molecular weight is 144 g/mol. The molecule has 0 saturated heterocycles. The Balaban J connectivity index is 3.52. The van der Waals surface area contributed by atoms with E-state index in [2.05, 4.69) is 27.4 Å². The van der Waals surface area contributed by atoms with Crippen molar-refractivity contribution < 1.29 is 0 Å². The van der Waals surface area contributed by atoms with Gasteiger partial charge in [0.15, 0.2) is 4.77 Å². The number of hydrogen-bond donors (Lipinski definition) is 3. The summed E-state index contributed by atoms with van der Waals surface area (Å²) < 4.78 is 0.175. The highest BCUT2D eigenvalue weighted by atomic mass is 32.1. The van der Waals surface area contributed by atoms with E-state index in [4.69, 9.17) is 5.73 Å². The number of nitrogens with one attached hydrogen (secondary N) is 2. The molecule has 0 unspecified atom stereocenters. The Hall–Kier alpha value is -1.17. The van der Waals surface area contributed by atoms with Gasteiger partial charge in [-0.1, -0.05) is 0 Å². The zero-order valence-electron chi connectivity index (χ0n) is 4.34. The highest BCUT2D eigenvalue weighted by molar-refractivity contribution is 7.71. The van der Waals surface area contributed by atoms with Crippen LogP contribution in [-0.2, 0) is 0 Å². The molecule has 0 fully saturated rings. The van der Waals surface area contributed by atoms with E-state index in [9.17, 15) is 4.79 Å². The predicted octanol–water partition coefficient (Wildman–Crippen LogP) is -0.590. The second-order valence-electron chi connectivity index (χ2n) is 1.39. The fourth-order valence-electron chi connectivity index (χ4n) is 0.357. The molecule has 0 atom stereocenters. The van der Waals surface area contributed by atoms with Crippen LogP contribution in [0.4, 0.5) is 5.82 Å². The molecule has 48 valence electrons. The number of hydrogen-bond acceptors (Lipinski definition) is 4. The maximum atomic E-state index is 10.5. The van der Waals surface area contributed by atoms with E-state index in [-0.39, 0.29) is 10.6 Å². The third-order valence-corrected chi connectivity index (χ3v) is 0.931. The molecule has 9 heavy (non-hydrogen) atoms. The van der Waals surface area contributed by atoms with Gasteiger partial charge in [-0.15, -0.1) is 5.10 Å². The zero-order chi connectivity index (χ0) is 6.85. The molecular weight excluding hydrogens is 140 g/mol. The number of nitrogens with two attached hydrogens (primary N) is 1. The first-order valence-electron chi connectivity index (χ1n) is 2.14. The molecule has 1 rings (SSSR count). The maximum absolute atomic E-state index is 10.5. The van der Waals surface area contributed by atoms with Crippen molar-refractivity contribution in [2.75, 3.05) is 5.73 Å². The van der Waals surface area contributed by atoms with Crippen LogP contribution < -0.4 is 11.3 Å². The van der Waals surface area contributed by atoms with Crippen molar-refractivity contribution in [3.05, 3.63) is 15.1 Å². The summed E-state index contributed by atoms with van der Waals surface area (Å²) in [6.45, 7) is 0. The molecular formula is C3H4N4OS. The van der Waals surface area contributed by atoms with E-state index in [1.165, 1.54) is 0 Å². The maximum Gasteiger partial charge on any atom is 0.294 e. The molecule has 5 nitrogen and oxygen atoms in total. The van der Waals surface area contributed by atoms with E-state index in [0.717, 1.165) is 0 Å². The van der Waals surface area contributed by atoms with Gasteiger partial charge in [0.25, 0.3) is 5.56 Å². The molecule has 4 N–H and O–H groups in total. The first-order chi connectivity index (χ1) is 4.20. The van der Waals surface area contributed by atoms with Gasteiger partial charge in [-0.05, 0) is 12.2 Å². The van der Waals surface area contributed by atoms with Gasteiger partial charge in [-0.2, -0.15) is 0 Å². The van der Waals surface area contributed by atoms with Crippen molar-refractivity contribution in [2.24, 2.45) is 0 Å². The molecule has 1 aromatic heterocycles. The van der Waals surface area contributed by atoms with Crippen LogP contribution in [0.5, 0.6) is 0 Å². The van der Waals surface area contributed by atoms with Crippen LogP contribution in [0, 0.1) is 4.77 Å². The Kier molecular flexibility index (Phi) is 1.31. The summed E-state index contributed by atoms with van der Waals surface area (Å²) in [4.78, 5) is 12.8. The molecule has 1 aromatic rings. The van der Waals surface area contributed by atoms with Crippen LogP contribution in [0.2, 0.25) is 0 Å². The summed E-state index contributed by atoms with van der Waals surface area (Å²) in [6.07, 6.45) is 0. The Bertz CT molecular complexity index is 312. The molecule has 0 amide bonds. The number of anilines is 1. The van der Waals surface area contributed by atoms with Crippen LogP contribution >= 0.6 is 12.2 Å². The van der Waals surface area contributed by atoms with Gasteiger partial charge in [0.1, 0.15) is 0 Å². The highest BCUT2D eigenvalue weighted by Gasteiger charge is 1.89.